The van der Waals surface area contributed by atoms with Crippen molar-refractivity contribution in [1.29, 1.82) is 0 Å². The van der Waals surface area contributed by atoms with Crippen LogP contribution in [0.4, 0.5) is 5.69 Å². The molecule has 30 heavy (non-hydrogen) atoms. The van der Waals surface area contributed by atoms with Gasteiger partial charge in [-0.2, -0.15) is 0 Å². The standard InChI is InChI=1S/C20H25N3O7/c1-19(2,3)11-20(4,5)21-14(24)10-30-15(25)9-22-17(26)12-7-6-8-13(23(28)29)16(12)18(22)27/h6-8H,9-11H2,1-5H3,(H,21,24). The molecule has 0 saturated heterocycles. The number of carbonyl (C=O) groups excluding carboxylic acids is 4. The van der Waals surface area contributed by atoms with Gasteiger partial charge < -0.3 is 10.1 Å². The number of nitro benzene ring substituents is 1. The normalized spacial score (nSPS) is 13.8. The van der Waals surface area contributed by atoms with Crippen LogP contribution in [0.1, 0.15) is 61.8 Å². The van der Waals surface area contributed by atoms with E-state index in [-0.39, 0.29) is 16.5 Å². The van der Waals surface area contributed by atoms with Crippen molar-refractivity contribution in [2.75, 3.05) is 13.2 Å². The number of hydrogen-bond donors (Lipinski definition) is 1. The van der Waals surface area contributed by atoms with Gasteiger partial charge in [0.2, 0.25) is 0 Å². The van der Waals surface area contributed by atoms with Crippen LogP contribution in [0.2, 0.25) is 0 Å². The van der Waals surface area contributed by atoms with Crippen molar-refractivity contribution in [3.63, 3.8) is 0 Å². The van der Waals surface area contributed by atoms with Gasteiger partial charge in [0, 0.05) is 11.6 Å². The molecular weight excluding hydrogens is 394 g/mol. The number of esters is 1. The number of nitrogens with one attached hydrogen (secondary N) is 1. The Morgan fingerprint density at radius 3 is 2.33 bits per heavy atom. The van der Waals surface area contributed by atoms with Crippen LogP contribution in [0.3, 0.4) is 0 Å². The third kappa shape index (κ3) is 5.40. The number of carbonyl (C=O) groups is 4. The summed E-state index contributed by atoms with van der Waals surface area (Å²) in [7, 11) is 0. The first kappa shape index (κ1) is 23.0. The number of benzene rings is 1. The Labute approximate surface area is 173 Å². The summed E-state index contributed by atoms with van der Waals surface area (Å²) >= 11 is 0. The Morgan fingerprint density at radius 2 is 1.77 bits per heavy atom. The number of fused-ring (bicyclic) bond motifs is 1. The van der Waals surface area contributed by atoms with Gasteiger partial charge in [0.15, 0.2) is 6.61 Å². The fraction of sp³-hybridized carbons (Fsp3) is 0.500. The van der Waals surface area contributed by atoms with Crippen LogP contribution in [-0.2, 0) is 14.3 Å². The SMILES string of the molecule is CC(C)(C)CC(C)(C)NC(=O)COC(=O)CN1C(=O)c2cccc([N+](=O)[O-])c2C1=O. The summed E-state index contributed by atoms with van der Waals surface area (Å²) in [5.74, 6) is -3.27. The molecule has 162 valence electrons. The number of hydrogen-bond acceptors (Lipinski definition) is 7. The lowest BCUT2D eigenvalue weighted by Gasteiger charge is -2.33. The van der Waals surface area contributed by atoms with E-state index in [4.69, 9.17) is 4.74 Å². The molecular formula is C20H25N3O7. The minimum Gasteiger partial charge on any atom is -0.454 e. The first-order valence-corrected chi connectivity index (χ1v) is 9.32. The van der Waals surface area contributed by atoms with Crippen molar-refractivity contribution < 1.29 is 28.8 Å². The number of ether oxygens (including phenoxy) is 1. The second-order valence-corrected chi connectivity index (χ2v) is 8.98. The fourth-order valence-corrected chi connectivity index (χ4v) is 3.72. The molecule has 1 heterocycles. The fourth-order valence-electron chi connectivity index (χ4n) is 3.72. The first-order chi connectivity index (χ1) is 13.7. The van der Waals surface area contributed by atoms with Crippen molar-refractivity contribution in [2.24, 2.45) is 5.41 Å². The summed E-state index contributed by atoms with van der Waals surface area (Å²) < 4.78 is 4.88. The average molecular weight is 419 g/mol. The maximum Gasteiger partial charge on any atom is 0.326 e. The van der Waals surface area contributed by atoms with Crippen molar-refractivity contribution in [3.05, 3.63) is 39.4 Å². The van der Waals surface area contributed by atoms with Crippen molar-refractivity contribution in [3.8, 4) is 0 Å². The largest absolute Gasteiger partial charge is 0.454 e. The Hall–Kier alpha value is -3.30. The topological polar surface area (TPSA) is 136 Å². The highest BCUT2D eigenvalue weighted by Crippen LogP contribution is 2.30. The lowest BCUT2D eigenvalue weighted by atomic mass is 9.82. The van der Waals surface area contributed by atoms with Crippen LogP contribution in [-0.4, -0.2) is 52.2 Å². The molecule has 0 unspecified atom stereocenters. The summed E-state index contributed by atoms with van der Waals surface area (Å²) in [5.41, 5.74) is -1.57. The average Bonchev–Trinajstić information content (AvgIpc) is 2.82. The van der Waals surface area contributed by atoms with Gasteiger partial charge in [-0.05, 0) is 31.7 Å². The highest BCUT2D eigenvalue weighted by molar-refractivity contribution is 6.24. The van der Waals surface area contributed by atoms with Crippen molar-refractivity contribution >= 4 is 29.4 Å². The number of nitrogens with zero attached hydrogens (tertiary/aromatic N) is 2. The van der Waals surface area contributed by atoms with Gasteiger partial charge in [-0.1, -0.05) is 26.8 Å². The molecule has 1 aromatic rings. The number of amides is 3. The molecule has 10 nitrogen and oxygen atoms in total. The second kappa shape index (κ2) is 8.21. The number of rotatable bonds is 7. The zero-order chi connectivity index (χ0) is 22.9. The molecule has 0 saturated carbocycles. The van der Waals surface area contributed by atoms with Gasteiger partial charge in [-0.15, -0.1) is 0 Å². The van der Waals surface area contributed by atoms with Crippen LogP contribution >= 0.6 is 0 Å². The van der Waals surface area contributed by atoms with Gasteiger partial charge in [0.25, 0.3) is 23.4 Å². The van der Waals surface area contributed by atoms with E-state index in [9.17, 15) is 29.3 Å². The van der Waals surface area contributed by atoms with E-state index in [1.54, 1.807) is 0 Å². The molecule has 0 bridgehead atoms. The maximum atomic E-state index is 12.4. The van der Waals surface area contributed by atoms with Gasteiger partial charge >= 0.3 is 5.97 Å². The zero-order valence-electron chi connectivity index (χ0n) is 17.6. The molecule has 1 aliphatic heterocycles. The van der Waals surface area contributed by atoms with Crippen molar-refractivity contribution in [1.82, 2.24) is 10.2 Å². The van der Waals surface area contributed by atoms with Crippen LogP contribution in [0, 0.1) is 15.5 Å². The highest BCUT2D eigenvalue weighted by Gasteiger charge is 2.42. The molecule has 0 atom stereocenters. The highest BCUT2D eigenvalue weighted by atomic mass is 16.6. The first-order valence-electron chi connectivity index (χ1n) is 9.32. The monoisotopic (exact) mass is 419 g/mol. The van der Waals surface area contributed by atoms with Gasteiger partial charge in [-0.3, -0.25) is 34.2 Å². The lowest BCUT2D eigenvalue weighted by molar-refractivity contribution is -0.385. The summed E-state index contributed by atoms with van der Waals surface area (Å²) in [6, 6.07) is 3.67. The Morgan fingerprint density at radius 1 is 1.13 bits per heavy atom. The van der Waals surface area contributed by atoms with Crippen LogP contribution < -0.4 is 5.32 Å². The number of nitro groups is 1. The summed E-state index contributed by atoms with van der Waals surface area (Å²) in [6.07, 6.45) is 0.688. The molecule has 2 rings (SSSR count). The van der Waals surface area contributed by atoms with Gasteiger partial charge in [0.1, 0.15) is 12.1 Å². The molecule has 3 amide bonds. The summed E-state index contributed by atoms with van der Waals surface area (Å²) in [5, 5.41) is 13.9. The Balaban J connectivity index is 1.97. The predicted octanol–water partition coefficient (Wildman–Crippen LogP) is 2.06. The smallest absolute Gasteiger partial charge is 0.326 e. The predicted molar refractivity (Wildman–Crippen MR) is 106 cm³/mol. The third-order valence-corrected chi connectivity index (χ3v) is 4.28. The second-order valence-electron chi connectivity index (χ2n) is 8.98. The molecule has 0 radical (unpaired) electrons. The van der Waals surface area contributed by atoms with Crippen LogP contribution in [0.5, 0.6) is 0 Å². The van der Waals surface area contributed by atoms with Gasteiger partial charge in [0.05, 0.1) is 10.5 Å². The maximum absolute atomic E-state index is 12.4. The molecule has 10 heteroatoms. The van der Waals surface area contributed by atoms with Crippen LogP contribution in [0.25, 0.3) is 0 Å². The van der Waals surface area contributed by atoms with Gasteiger partial charge in [-0.25, -0.2) is 0 Å². The van der Waals surface area contributed by atoms with E-state index in [0.29, 0.717) is 11.3 Å². The van der Waals surface area contributed by atoms with E-state index >= 15 is 0 Å². The zero-order valence-corrected chi connectivity index (χ0v) is 17.6. The van der Waals surface area contributed by atoms with Crippen molar-refractivity contribution in [2.45, 2.75) is 46.6 Å². The van der Waals surface area contributed by atoms with E-state index in [1.165, 1.54) is 12.1 Å². The molecule has 1 aromatic carbocycles. The van der Waals surface area contributed by atoms with E-state index < -0.39 is 53.0 Å². The minimum atomic E-state index is -0.976. The minimum absolute atomic E-state index is 0.0262. The molecule has 0 aromatic heterocycles. The third-order valence-electron chi connectivity index (χ3n) is 4.28. The summed E-state index contributed by atoms with van der Waals surface area (Å²) in [6.45, 7) is 8.49. The summed E-state index contributed by atoms with van der Waals surface area (Å²) in [4.78, 5) is 59.9. The Kier molecular flexibility index (Phi) is 6.29. The van der Waals surface area contributed by atoms with E-state index in [0.717, 1.165) is 6.07 Å². The molecule has 1 N–H and O–H groups in total. The van der Waals surface area contributed by atoms with E-state index in [2.05, 4.69) is 5.32 Å². The quantitative estimate of drug-likeness (QED) is 0.309. The van der Waals surface area contributed by atoms with E-state index in [1.807, 2.05) is 34.6 Å². The molecule has 0 fully saturated rings. The Bertz CT molecular complexity index is 915. The van der Waals surface area contributed by atoms with Crippen LogP contribution in [0.15, 0.2) is 18.2 Å². The molecule has 0 spiro atoms. The molecule has 1 aliphatic rings. The number of imide groups is 1. The molecule has 0 aliphatic carbocycles. The lowest BCUT2D eigenvalue weighted by Crippen LogP contribution is -2.47.